The van der Waals surface area contributed by atoms with E-state index < -0.39 is 6.10 Å². The first-order valence-electron chi connectivity index (χ1n) is 6.53. The van der Waals surface area contributed by atoms with Crippen molar-refractivity contribution in [2.45, 2.75) is 44.5 Å². The lowest BCUT2D eigenvalue weighted by Gasteiger charge is -2.34. The molecule has 0 saturated heterocycles. The smallest absolute Gasteiger partial charge is 0.125 e. The minimum absolute atomic E-state index is 0.0363. The number of methoxy groups -OCH3 is 2. The van der Waals surface area contributed by atoms with Crippen LogP contribution in [0.3, 0.4) is 0 Å². The molecule has 2 rings (SSSR count). The van der Waals surface area contributed by atoms with Crippen LogP contribution < -0.4 is 9.47 Å². The monoisotopic (exact) mass is 266 g/mol. The van der Waals surface area contributed by atoms with Gasteiger partial charge in [0.25, 0.3) is 0 Å². The second kappa shape index (κ2) is 5.39. The van der Waals surface area contributed by atoms with E-state index in [0.29, 0.717) is 6.42 Å². The molecule has 4 nitrogen and oxygen atoms in total. The van der Waals surface area contributed by atoms with Crippen LogP contribution in [0.5, 0.6) is 11.5 Å². The van der Waals surface area contributed by atoms with Gasteiger partial charge in [0.05, 0.1) is 18.8 Å². The van der Waals surface area contributed by atoms with Gasteiger partial charge in [0.15, 0.2) is 0 Å². The number of benzene rings is 1. The van der Waals surface area contributed by atoms with E-state index >= 15 is 0 Å². The van der Waals surface area contributed by atoms with Crippen molar-refractivity contribution in [3.8, 4) is 11.5 Å². The fourth-order valence-electron chi connectivity index (χ4n) is 2.38. The van der Waals surface area contributed by atoms with Gasteiger partial charge < -0.3 is 19.3 Å². The molecule has 1 heterocycles. The Balaban J connectivity index is 2.16. The summed E-state index contributed by atoms with van der Waals surface area (Å²) < 4.78 is 16.5. The maximum Gasteiger partial charge on any atom is 0.125 e. The molecule has 0 radical (unpaired) electrons. The largest absolute Gasteiger partial charge is 0.497 e. The Bertz CT molecular complexity index is 442. The first-order chi connectivity index (χ1) is 8.95. The topological polar surface area (TPSA) is 47.9 Å². The highest BCUT2D eigenvalue weighted by Gasteiger charge is 2.31. The van der Waals surface area contributed by atoms with Gasteiger partial charge in [-0.2, -0.15) is 0 Å². The van der Waals surface area contributed by atoms with Crippen LogP contribution in [0.15, 0.2) is 18.2 Å². The van der Waals surface area contributed by atoms with E-state index in [4.69, 9.17) is 14.2 Å². The number of rotatable bonds is 4. The Morgan fingerprint density at radius 3 is 2.74 bits per heavy atom. The van der Waals surface area contributed by atoms with Gasteiger partial charge in [0, 0.05) is 25.5 Å². The van der Waals surface area contributed by atoms with Gasteiger partial charge in [0.1, 0.15) is 17.6 Å². The van der Waals surface area contributed by atoms with Crippen molar-refractivity contribution in [3.05, 3.63) is 23.8 Å². The highest BCUT2D eigenvalue weighted by molar-refractivity contribution is 5.43. The molecule has 0 aliphatic carbocycles. The third-order valence-corrected chi connectivity index (χ3v) is 3.63. The van der Waals surface area contributed by atoms with Crippen molar-refractivity contribution in [1.29, 1.82) is 0 Å². The zero-order valence-electron chi connectivity index (χ0n) is 12.0. The van der Waals surface area contributed by atoms with Crippen LogP contribution in [0.2, 0.25) is 0 Å². The van der Waals surface area contributed by atoms with Crippen molar-refractivity contribution in [1.82, 2.24) is 0 Å². The second-order valence-electron chi connectivity index (χ2n) is 5.56. The number of hydrogen-bond donors (Lipinski definition) is 1. The average molecular weight is 266 g/mol. The Morgan fingerprint density at radius 2 is 2.11 bits per heavy atom. The van der Waals surface area contributed by atoms with Crippen molar-refractivity contribution in [3.63, 3.8) is 0 Å². The third kappa shape index (κ3) is 3.19. The molecular weight excluding hydrogens is 244 g/mol. The summed E-state index contributed by atoms with van der Waals surface area (Å²) in [6.07, 6.45) is 0.765. The van der Waals surface area contributed by atoms with E-state index in [9.17, 15) is 5.11 Å². The molecule has 1 aromatic rings. The third-order valence-electron chi connectivity index (χ3n) is 3.63. The molecule has 0 aromatic heterocycles. The molecule has 1 aliphatic rings. The van der Waals surface area contributed by atoms with Gasteiger partial charge in [-0.1, -0.05) is 0 Å². The number of fused-ring (bicyclic) bond motifs is 1. The fraction of sp³-hybridized carbons (Fsp3) is 0.600. The summed E-state index contributed by atoms with van der Waals surface area (Å²) in [5.41, 5.74) is 0.541. The average Bonchev–Trinajstić information content (AvgIpc) is 2.38. The van der Waals surface area contributed by atoms with Gasteiger partial charge in [-0.05, 0) is 32.0 Å². The SMILES string of the molecule is COc1ccc2c(c1)C(O)CC(CC(C)(C)OC)O2. The van der Waals surface area contributed by atoms with E-state index in [1.165, 1.54) is 0 Å². The van der Waals surface area contributed by atoms with Gasteiger partial charge in [-0.25, -0.2) is 0 Å². The van der Waals surface area contributed by atoms with Crippen LogP contribution in [-0.2, 0) is 4.74 Å². The van der Waals surface area contributed by atoms with Crippen LogP contribution in [-0.4, -0.2) is 31.0 Å². The van der Waals surface area contributed by atoms with Gasteiger partial charge >= 0.3 is 0 Å². The molecule has 0 fully saturated rings. The Kier molecular flexibility index (Phi) is 4.02. The molecule has 0 amide bonds. The number of aliphatic hydroxyl groups is 1. The lowest BCUT2D eigenvalue weighted by atomic mass is 9.92. The Hall–Kier alpha value is -1.26. The number of aliphatic hydroxyl groups excluding tert-OH is 1. The first kappa shape index (κ1) is 14.2. The van der Waals surface area contributed by atoms with Crippen molar-refractivity contribution >= 4 is 0 Å². The fourth-order valence-corrected chi connectivity index (χ4v) is 2.38. The highest BCUT2D eigenvalue weighted by Crippen LogP contribution is 2.39. The molecule has 1 N–H and O–H groups in total. The number of ether oxygens (including phenoxy) is 3. The summed E-state index contributed by atoms with van der Waals surface area (Å²) in [4.78, 5) is 0. The summed E-state index contributed by atoms with van der Waals surface area (Å²) in [5.74, 6) is 1.47. The molecule has 4 heteroatoms. The Morgan fingerprint density at radius 1 is 1.37 bits per heavy atom. The summed E-state index contributed by atoms with van der Waals surface area (Å²) in [7, 11) is 3.31. The summed E-state index contributed by atoms with van der Waals surface area (Å²) in [6.45, 7) is 4.04. The zero-order valence-corrected chi connectivity index (χ0v) is 12.0. The molecule has 2 atom stereocenters. The number of hydrogen-bond acceptors (Lipinski definition) is 4. The van der Waals surface area contributed by atoms with Crippen LogP contribution in [0, 0.1) is 0 Å². The maximum atomic E-state index is 10.2. The predicted molar refractivity (Wildman–Crippen MR) is 72.7 cm³/mol. The standard InChI is InChI=1S/C15H22O4/c1-15(2,18-4)9-11-8-13(16)12-7-10(17-3)5-6-14(12)19-11/h5-7,11,13,16H,8-9H2,1-4H3. The summed E-state index contributed by atoms with van der Waals surface area (Å²) >= 11 is 0. The van der Waals surface area contributed by atoms with Crippen LogP contribution in [0.25, 0.3) is 0 Å². The maximum absolute atomic E-state index is 10.2. The van der Waals surface area contributed by atoms with E-state index in [0.717, 1.165) is 23.5 Å². The zero-order chi connectivity index (χ0) is 14.0. The summed E-state index contributed by atoms with van der Waals surface area (Å²) in [6, 6.07) is 5.52. The molecule has 0 spiro atoms. The van der Waals surface area contributed by atoms with E-state index in [1.54, 1.807) is 14.2 Å². The quantitative estimate of drug-likeness (QED) is 0.910. The highest BCUT2D eigenvalue weighted by atomic mass is 16.5. The minimum Gasteiger partial charge on any atom is -0.497 e. The minimum atomic E-state index is -0.517. The molecule has 1 aromatic carbocycles. The van der Waals surface area contributed by atoms with Crippen molar-refractivity contribution in [2.75, 3.05) is 14.2 Å². The molecule has 0 bridgehead atoms. The van der Waals surface area contributed by atoms with Crippen LogP contribution in [0.1, 0.15) is 38.4 Å². The molecule has 2 unspecified atom stereocenters. The molecular formula is C15H22O4. The molecule has 0 saturated carbocycles. The Labute approximate surface area is 114 Å². The van der Waals surface area contributed by atoms with Crippen LogP contribution >= 0.6 is 0 Å². The lowest BCUT2D eigenvalue weighted by Crippen LogP contribution is -2.35. The van der Waals surface area contributed by atoms with Crippen LogP contribution in [0.4, 0.5) is 0 Å². The predicted octanol–water partition coefficient (Wildman–Crippen LogP) is 2.69. The van der Waals surface area contributed by atoms with Crippen molar-refractivity contribution < 1.29 is 19.3 Å². The lowest BCUT2D eigenvalue weighted by molar-refractivity contribution is -0.0312. The second-order valence-corrected chi connectivity index (χ2v) is 5.56. The normalized spacial score (nSPS) is 22.6. The van der Waals surface area contributed by atoms with Gasteiger partial charge in [-0.15, -0.1) is 0 Å². The van der Waals surface area contributed by atoms with Crippen molar-refractivity contribution in [2.24, 2.45) is 0 Å². The van der Waals surface area contributed by atoms with Gasteiger partial charge in [-0.3, -0.25) is 0 Å². The van der Waals surface area contributed by atoms with E-state index in [2.05, 4.69) is 0 Å². The van der Waals surface area contributed by atoms with E-state index in [1.807, 2.05) is 32.0 Å². The first-order valence-corrected chi connectivity index (χ1v) is 6.53. The molecule has 106 valence electrons. The molecule has 19 heavy (non-hydrogen) atoms. The molecule has 1 aliphatic heterocycles. The summed E-state index contributed by atoms with van der Waals surface area (Å²) in [5, 5.41) is 10.2. The van der Waals surface area contributed by atoms with Gasteiger partial charge in [0.2, 0.25) is 0 Å². The van der Waals surface area contributed by atoms with E-state index in [-0.39, 0.29) is 11.7 Å².